The number of para-hydroxylation sites is 2. The summed E-state index contributed by atoms with van der Waals surface area (Å²) in [4.78, 5) is 76.6. The van der Waals surface area contributed by atoms with Gasteiger partial charge >= 0.3 is 11.9 Å². The first-order valence-corrected chi connectivity index (χ1v) is 20.9. The fourth-order valence-electron chi connectivity index (χ4n) is 7.54. The van der Waals surface area contributed by atoms with Gasteiger partial charge in [0.1, 0.15) is 23.2 Å². The van der Waals surface area contributed by atoms with Gasteiger partial charge in [0.25, 0.3) is 11.8 Å². The lowest BCUT2D eigenvalue weighted by atomic mass is 10.0. The smallest absolute Gasteiger partial charge is 0.328 e. The summed E-state index contributed by atoms with van der Waals surface area (Å²) >= 11 is 0. The maximum absolute atomic E-state index is 13.2. The first-order valence-electron chi connectivity index (χ1n) is 20.9. The lowest BCUT2D eigenvalue weighted by Gasteiger charge is -2.18. The van der Waals surface area contributed by atoms with Crippen molar-refractivity contribution in [2.24, 2.45) is 0 Å². The predicted molar refractivity (Wildman–Crippen MR) is 250 cm³/mol. The lowest BCUT2D eigenvalue weighted by Crippen LogP contribution is -2.44. The number of nitrogens with one attached hydrogen (secondary N) is 2. The summed E-state index contributed by atoms with van der Waals surface area (Å²) in [5, 5.41) is 15.7. The summed E-state index contributed by atoms with van der Waals surface area (Å²) in [6.07, 6.45) is 3.44. The van der Waals surface area contributed by atoms with Gasteiger partial charge in [-0.1, -0.05) is 146 Å². The van der Waals surface area contributed by atoms with Crippen molar-refractivity contribution >= 4 is 45.6 Å². The summed E-state index contributed by atoms with van der Waals surface area (Å²) in [5.74, 6) is -3.05. The highest BCUT2D eigenvalue weighted by molar-refractivity contribution is 6.00. The molecule has 0 spiro atoms. The Kier molecular flexibility index (Phi) is 14.5. The Bertz CT molecular complexity index is 3060. The first kappa shape index (κ1) is 44.7. The van der Waals surface area contributed by atoms with Gasteiger partial charge in [0.05, 0.1) is 18.1 Å². The third-order valence-electron chi connectivity index (χ3n) is 10.8. The normalized spacial score (nSPS) is 11.7. The zero-order valence-electron chi connectivity index (χ0n) is 35.5. The van der Waals surface area contributed by atoms with Crippen molar-refractivity contribution in [3.63, 3.8) is 0 Å². The number of carboxylic acid groups (broad SMARTS) is 1. The SMILES string of the molecule is COC(=O)[C@H](Cc1ccccc1)NC(=O)c1cn(Cc2ccccc2)c2ccccc2c1=O.O=C(N[C@@H](Cc1ccccc1)C(=O)O)c1cn(Cc2ccccc2)c2ccccc2c1=O. The summed E-state index contributed by atoms with van der Waals surface area (Å²) in [6, 6.07) is 50.1. The Balaban J connectivity index is 0.000000194. The largest absolute Gasteiger partial charge is 0.480 e. The number of fused-ring (bicyclic) bond motifs is 2. The zero-order chi connectivity index (χ0) is 45.7. The van der Waals surface area contributed by atoms with E-state index >= 15 is 0 Å². The quantitative estimate of drug-likeness (QED) is 0.0980. The van der Waals surface area contributed by atoms with Gasteiger partial charge in [-0.2, -0.15) is 0 Å². The lowest BCUT2D eigenvalue weighted by molar-refractivity contribution is -0.143. The second-order valence-electron chi connectivity index (χ2n) is 15.3. The summed E-state index contributed by atoms with van der Waals surface area (Å²) in [6.45, 7) is 0.959. The number of amides is 2. The third-order valence-corrected chi connectivity index (χ3v) is 10.8. The van der Waals surface area contributed by atoms with E-state index in [0.717, 1.165) is 27.8 Å². The molecule has 8 rings (SSSR count). The molecule has 0 unspecified atom stereocenters. The standard InChI is InChI=1S/C27H24N2O4.C26H22N2O4/c1-33-27(32)23(16-19-10-4-2-5-11-19)28-26(31)22-18-29(17-20-12-6-3-7-13-20)24-15-9-8-14-21(24)25(22)30;29-24-20-13-7-8-14-23(20)28(16-19-11-5-2-6-12-19)17-21(24)25(30)27-22(26(31)32)15-18-9-3-1-4-10-18/h2-15,18,23H,16-17H2,1H3,(H,28,31);1-14,17,22H,15-16H2,(H,27,30)(H,31,32)/t23-;22-/m00/s1. The molecular weight excluding hydrogens is 821 g/mol. The number of aromatic nitrogens is 2. The van der Waals surface area contributed by atoms with E-state index in [1.54, 1.807) is 42.6 Å². The molecule has 0 fully saturated rings. The highest BCUT2D eigenvalue weighted by Crippen LogP contribution is 2.17. The van der Waals surface area contributed by atoms with Crippen molar-refractivity contribution in [2.75, 3.05) is 7.11 Å². The number of hydrogen-bond acceptors (Lipinski definition) is 7. The number of carboxylic acids is 1. The molecule has 8 aromatic rings. The van der Waals surface area contributed by atoms with E-state index in [-0.39, 0.29) is 29.4 Å². The van der Waals surface area contributed by atoms with E-state index < -0.39 is 41.3 Å². The van der Waals surface area contributed by atoms with Gasteiger partial charge in [0, 0.05) is 49.1 Å². The fraction of sp³-hybridized carbons (Fsp3) is 0.132. The van der Waals surface area contributed by atoms with Crippen molar-refractivity contribution in [1.29, 1.82) is 0 Å². The predicted octanol–water partition coefficient (Wildman–Crippen LogP) is 7.04. The number of nitrogens with zero attached hydrogens (tertiary/aromatic N) is 2. The monoisotopic (exact) mass is 866 g/mol. The first-order chi connectivity index (χ1) is 31.6. The van der Waals surface area contributed by atoms with Crippen LogP contribution < -0.4 is 21.5 Å². The van der Waals surface area contributed by atoms with Crippen LogP contribution in [0, 0.1) is 0 Å². The van der Waals surface area contributed by atoms with Crippen molar-refractivity contribution in [3.05, 3.63) is 236 Å². The van der Waals surface area contributed by atoms with Crippen LogP contribution in [0.25, 0.3) is 21.8 Å². The van der Waals surface area contributed by atoms with Gasteiger partial charge in [0.2, 0.25) is 10.9 Å². The molecule has 0 radical (unpaired) electrons. The van der Waals surface area contributed by atoms with Crippen molar-refractivity contribution in [2.45, 2.75) is 38.0 Å². The molecule has 0 aliphatic heterocycles. The molecule has 326 valence electrons. The van der Waals surface area contributed by atoms with Crippen LogP contribution in [0.5, 0.6) is 0 Å². The van der Waals surface area contributed by atoms with Crippen molar-refractivity contribution < 1.29 is 29.0 Å². The number of benzene rings is 6. The molecule has 12 nitrogen and oxygen atoms in total. The molecule has 2 amide bonds. The Hall–Kier alpha value is -8.38. The number of aliphatic carboxylic acids is 1. The van der Waals surface area contributed by atoms with Crippen LogP contribution in [-0.4, -0.2) is 57.2 Å². The number of pyridine rings is 2. The minimum absolute atomic E-state index is 0.0217. The second kappa shape index (κ2) is 21.1. The molecule has 2 aromatic heterocycles. The average molecular weight is 867 g/mol. The minimum atomic E-state index is -1.16. The molecule has 65 heavy (non-hydrogen) atoms. The molecular formula is C53H46N4O8. The number of rotatable bonds is 14. The molecule has 3 N–H and O–H groups in total. The molecule has 2 atom stereocenters. The molecule has 0 saturated heterocycles. The van der Waals surface area contributed by atoms with Crippen LogP contribution in [0.3, 0.4) is 0 Å². The molecule has 0 aliphatic rings. The van der Waals surface area contributed by atoms with Crippen LogP contribution >= 0.6 is 0 Å². The second-order valence-corrected chi connectivity index (χ2v) is 15.3. The van der Waals surface area contributed by atoms with Gasteiger partial charge in [0.15, 0.2) is 0 Å². The van der Waals surface area contributed by atoms with Gasteiger partial charge in [-0.25, -0.2) is 9.59 Å². The summed E-state index contributed by atoms with van der Waals surface area (Å²) in [7, 11) is 1.27. The van der Waals surface area contributed by atoms with Gasteiger partial charge in [-0.15, -0.1) is 0 Å². The Labute approximate surface area is 374 Å². The van der Waals surface area contributed by atoms with E-state index in [2.05, 4.69) is 10.6 Å². The maximum atomic E-state index is 13.2. The molecule has 6 aromatic carbocycles. The molecule has 2 heterocycles. The summed E-state index contributed by atoms with van der Waals surface area (Å²) in [5.41, 5.74) is 4.23. The van der Waals surface area contributed by atoms with Crippen molar-refractivity contribution in [3.8, 4) is 0 Å². The van der Waals surface area contributed by atoms with E-state index in [1.807, 2.05) is 143 Å². The zero-order valence-corrected chi connectivity index (χ0v) is 35.5. The number of carbonyl (C=O) groups excluding carboxylic acids is 3. The Morgan fingerprint density at radius 2 is 0.831 bits per heavy atom. The minimum Gasteiger partial charge on any atom is -0.480 e. The topological polar surface area (TPSA) is 166 Å². The van der Waals surface area contributed by atoms with Crippen LogP contribution in [0.15, 0.2) is 192 Å². The summed E-state index contributed by atoms with van der Waals surface area (Å²) < 4.78 is 8.61. The number of ether oxygens (including phenoxy) is 1. The number of hydrogen-bond donors (Lipinski definition) is 3. The van der Waals surface area contributed by atoms with Crippen LogP contribution in [-0.2, 0) is 40.3 Å². The third kappa shape index (κ3) is 11.2. The molecule has 0 bridgehead atoms. The number of carbonyl (C=O) groups is 4. The highest BCUT2D eigenvalue weighted by atomic mass is 16.5. The van der Waals surface area contributed by atoms with Crippen molar-refractivity contribution in [1.82, 2.24) is 19.8 Å². The van der Waals surface area contributed by atoms with E-state index in [0.29, 0.717) is 29.4 Å². The number of methoxy groups -OCH3 is 1. The van der Waals surface area contributed by atoms with Crippen LogP contribution in [0.4, 0.5) is 0 Å². The Morgan fingerprint density at radius 3 is 1.22 bits per heavy atom. The van der Waals surface area contributed by atoms with Gasteiger partial charge < -0.3 is 29.6 Å². The Morgan fingerprint density at radius 1 is 0.492 bits per heavy atom. The molecule has 12 heteroatoms. The van der Waals surface area contributed by atoms with E-state index in [1.165, 1.54) is 13.3 Å². The molecule has 0 saturated carbocycles. The average Bonchev–Trinajstić information content (AvgIpc) is 3.34. The number of esters is 1. The van der Waals surface area contributed by atoms with Gasteiger partial charge in [-0.05, 0) is 46.5 Å². The maximum Gasteiger partial charge on any atom is 0.328 e. The van der Waals surface area contributed by atoms with Crippen LogP contribution in [0.1, 0.15) is 43.0 Å². The van der Waals surface area contributed by atoms with Gasteiger partial charge in [-0.3, -0.25) is 19.2 Å². The molecule has 0 aliphatic carbocycles. The van der Waals surface area contributed by atoms with E-state index in [4.69, 9.17) is 4.74 Å². The van der Waals surface area contributed by atoms with E-state index in [9.17, 15) is 33.9 Å². The highest BCUT2D eigenvalue weighted by Gasteiger charge is 2.26. The van der Waals surface area contributed by atoms with Crippen LogP contribution in [0.2, 0.25) is 0 Å². The fourth-order valence-corrected chi connectivity index (χ4v) is 7.54.